The van der Waals surface area contributed by atoms with Crippen molar-refractivity contribution in [3.05, 3.63) is 29.8 Å². The van der Waals surface area contributed by atoms with Crippen molar-refractivity contribution in [3.8, 4) is 5.75 Å². The van der Waals surface area contributed by atoms with Crippen LogP contribution in [0.5, 0.6) is 5.75 Å². The fourth-order valence-electron chi connectivity index (χ4n) is 2.96. The highest BCUT2D eigenvalue weighted by Gasteiger charge is 2.53. The number of carbonyl (C=O) groups is 1. The Morgan fingerprint density at radius 2 is 2.11 bits per heavy atom. The lowest BCUT2D eigenvalue weighted by molar-refractivity contribution is -0.160. The molecule has 2 aliphatic rings. The first kappa shape index (κ1) is 12.6. The van der Waals surface area contributed by atoms with Gasteiger partial charge >= 0.3 is 0 Å². The number of rotatable bonds is 2. The summed E-state index contributed by atoms with van der Waals surface area (Å²) in [5.41, 5.74) is 1.07. The second kappa shape index (κ2) is 4.32. The number of benzene rings is 1. The molecule has 102 valence electrons. The lowest BCUT2D eigenvalue weighted by Gasteiger charge is -2.21. The Bertz CT molecular complexity index is 509. The highest BCUT2D eigenvalue weighted by atomic mass is 16.8. The minimum Gasteiger partial charge on any atom is -0.497 e. The third kappa shape index (κ3) is 2.15. The third-order valence-corrected chi connectivity index (χ3v) is 3.79. The van der Waals surface area contributed by atoms with Gasteiger partial charge < -0.3 is 14.2 Å². The van der Waals surface area contributed by atoms with Crippen LogP contribution in [0.15, 0.2) is 24.3 Å². The SMILES string of the molecule is COc1cccc([C@H]2CC(=O)[C@@H]3OC(C)(C)O[C@H]23)c1. The predicted octanol–water partition coefficient (Wildman–Crippen LogP) is 2.27. The van der Waals surface area contributed by atoms with E-state index in [0.29, 0.717) is 6.42 Å². The van der Waals surface area contributed by atoms with Gasteiger partial charge in [0.15, 0.2) is 11.6 Å². The molecular formula is C15H18O4. The van der Waals surface area contributed by atoms with E-state index in [1.807, 2.05) is 38.1 Å². The van der Waals surface area contributed by atoms with Crippen molar-refractivity contribution < 1.29 is 19.0 Å². The fraction of sp³-hybridized carbons (Fsp3) is 0.533. The van der Waals surface area contributed by atoms with Crippen LogP contribution in [-0.4, -0.2) is 30.9 Å². The summed E-state index contributed by atoms with van der Waals surface area (Å²) < 4.78 is 16.8. The summed E-state index contributed by atoms with van der Waals surface area (Å²) >= 11 is 0. The zero-order valence-electron chi connectivity index (χ0n) is 11.4. The molecule has 2 fully saturated rings. The molecule has 1 aromatic rings. The van der Waals surface area contributed by atoms with Crippen molar-refractivity contribution in [2.24, 2.45) is 0 Å². The molecule has 4 heteroatoms. The summed E-state index contributed by atoms with van der Waals surface area (Å²) in [5.74, 6) is 0.298. The Labute approximate surface area is 112 Å². The molecule has 0 amide bonds. The van der Waals surface area contributed by atoms with Crippen LogP contribution >= 0.6 is 0 Å². The van der Waals surface area contributed by atoms with E-state index in [-0.39, 0.29) is 17.8 Å². The number of Topliss-reactive ketones (excluding diaryl/α,β-unsaturated/α-hetero) is 1. The zero-order valence-corrected chi connectivity index (χ0v) is 11.4. The van der Waals surface area contributed by atoms with Crippen LogP contribution in [0.2, 0.25) is 0 Å². The normalized spacial score (nSPS) is 32.4. The van der Waals surface area contributed by atoms with Crippen LogP contribution in [-0.2, 0) is 14.3 Å². The molecule has 19 heavy (non-hydrogen) atoms. The molecule has 1 saturated heterocycles. The van der Waals surface area contributed by atoms with Gasteiger partial charge in [-0.3, -0.25) is 4.79 Å². The maximum atomic E-state index is 12.0. The Hall–Kier alpha value is -1.39. The number of ether oxygens (including phenoxy) is 3. The van der Waals surface area contributed by atoms with E-state index in [1.165, 1.54) is 0 Å². The minimum atomic E-state index is -0.678. The first-order valence-electron chi connectivity index (χ1n) is 6.52. The molecule has 0 aromatic heterocycles. The van der Waals surface area contributed by atoms with Gasteiger partial charge in [-0.15, -0.1) is 0 Å². The Morgan fingerprint density at radius 1 is 1.32 bits per heavy atom. The van der Waals surface area contributed by atoms with E-state index in [4.69, 9.17) is 14.2 Å². The van der Waals surface area contributed by atoms with Gasteiger partial charge in [0.1, 0.15) is 18.0 Å². The molecule has 1 aliphatic carbocycles. The molecule has 1 saturated carbocycles. The quantitative estimate of drug-likeness (QED) is 0.820. The molecule has 0 N–H and O–H groups in total. The van der Waals surface area contributed by atoms with E-state index >= 15 is 0 Å². The molecule has 3 atom stereocenters. The van der Waals surface area contributed by atoms with Crippen molar-refractivity contribution in [3.63, 3.8) is 0 Å². The van der Waals surface area contributed by atoms with Crippen LogP contribution in [0, 0.1) is 0 Å². The first-order valence-corrected chi connectivity index (χ1v) is 6.52. The predicted molar refractivity (Wildman–Crippen MR) is 69.2 cm³/mol. The summed E-state index contributed by atoms with van der Waals surface area (Å²) in [6, 6.07) is 7.81. The topological polar surface area (TPSA) is 44.8 Å². The molecule has 4 nitrogen and oxygen atoms in total. The second-order valence-electron chi connectivity index (χ2n) is 5.57. The lowest BCUT2D eigenvalue weighted by Crippen LogP contribution is -2.25. The van der Waals surface area contributed by atoms with Crippen molar-refractivity contribution in [1.29, 1.82) is 0 Å². The molecule has 0 radical (unpaired) electrons. The molecule has 0 spiro atoms. The van der Waals surface area contributed by atoms with Gasteiger partial charge in [0.25, 0.3) is 0 Å². The van der Waals surface area contributed by atoms with Gasteiger partial charge in [0.05, 0.1) is 7.11 Å². The summed E-state index contributed by atoms with van der Waals surface area (Å²) in [4.78, 5) is 12.0. The average molecular weight is 262 g/mol. The molecule has 1 aliphatic heterocycles. The maximum Gasteiger partial charge on any atom is 0.165 e. The molecule has 1 aromatic carbocycles. The summed E-state index contributed by atoms with van der Waals surface area (Å²) in [6.45, 7) is 3.70. The molecule has 0 unspecified atom stereocenters. The van der Waals surface area contributed by atoms with Gasteiger partial charge in [0, 0.05) is 12.3 Å². The highest BCUT2D eigenvalue weighted by molar-refractivity contribution is 5.88. The van der Waals surface area contributed by atoms with Gasteiger partial charge in [-0.2, -0.15) is 0 Å². The number of ketones is 1. The zero-order chi connectivity index (χ0) is 13.6. The van der Waals surface area contributed by atoms with Crippen LogP contribution in [0.1, 0.15) is 31.7 Å². The number of carbonyl (C=O) groups excluding carboxylic acids is 1. The van der Waals surface area contributed by atoms with E-state index in [0.717, 1.165) is 11.3 Å². The van der Waals surface area contributed by atoms with E-state index < -0.39 is 11.9 Å². The Balaban J connectivity index is 1.91. The molecule has 0 bridgehead atoms. The molecule has 1 heterocycles. The molecule has 3 rings (SSSR count). The number of methoxy groups -OCH3 is 1. The summed E-state index contributed by atoms with van der Waals surface area (Å²) in [6.07, 6.45) is -0.140. The van der Waals surface area contributed by atoms with Gasteiger partial charge in [-0.05, 0) is 31.5 Å². The molecular weight excluding hydrogens is 244 g/mol. The maximum absolute atomic E-state index is 12.0. The van der Waals surface area contributed by atoms with Crippen LogP contribution in [0.4, 0.5) is 0 Å². The van der Waals surface area contributed by atoms with Gasteiger partial charge in [-0.1, -0.05) is 12.1 Å². The summed E-state index contributed by atoms with van der Waals surface area (Å²) in [5, 5.41) is 0. The monoisotopic (exact) mass is 262 g/mol. The van der Waals surface area contributed by atoms with Crippen molar-refractivity contribution in [1.82, 2.24) is 0 Å². The number of fused-ring (bicyclic) bond motifs is 1. The highest BCUT2D eigenvalue weighted by Crippen LogP contribution is 2.44. The average Bonchev–Trinajstić information content (AvgIpc) is 2.85. The second-order valence-corrected chi connectivity index (χ2v) is 5.57. The van der Waals surface area contributed by atoms with Crippen LogP contribution < -0.4 is 4.74 Å². The fourth-order valence-corrected chi connectivity index (χ4v) is 2.96. The van der Waals surface area contributed by atoms with Gasteiger partial charge in [-0.25, -0.2) is 0 Å². The van der Waals surface area contributed by atoms with Crippen molar-refractivity contribution in [2.45, 2.75) is 44.2 Å². The van der Waals surface area contributed by atoms with Crippen molar-refractivity contribution >= 4 is 5.78 Å². The first-order chi connectivity index (χ1) is 9.00. The van der Waals surface area contributed by atoms with Crippen molar-refractivity contribution in [2.75, 3.05) is 7.11 Å². The van der Waals surface area contributed by atoms with E-state index in [1.54, 1.807) is 7.11 Å². The van der Waals surface area contributed by atoms with E-state index in [9.17, 15) is 4.79 Å². The third-order valence-electron chi connectivity index (χ3n) is 3.79. The largest absolute Gasteiger partial charge is 0.497 e. The summed E-state index contributed by atoms with van der Waals surface area (Å²) in [7, 11) is 1.64. The Morgan fingerprint density at radius 3 is 2.84 bits per heavy atom. The standard InChI is InChI=1S/C15H18O4/c1-15(2)18-13-11(8-12(16)14(13)19-15)9-5-4-6-10(7-9)17-3/h4-7,11,13-14H,8H2,1-3H3/t11-,13-,14+/m1/s1. The van der Waals surface area contributed by atoms with Crippen LogP contribution in [0.3, 0.4) is 0 Å². The van der Waals surface area contributed by atoms with Gasteiger partial charge in [0.2, 0.25) is 0 Å². The minimum absolute atomic E-state index is 0.0503. The number of hydrogen-bond donors (Lipinski definition) is 0. The smallest absolute Gasteiger partial charge is 0.165 e. The van der Waals surface area contributed by atoms with E-state index in [2.05, 4.69) is 0 Å². The lowest BCUT2D eigenvalue weighted by atomic mass is 9.95. The Kier molecular flexibility index (Phi) is 2.87. The number of hydrogen-bond acceptors (Lipinski definition) is 4. The van der Waals surface area contributed by atoms with Crippen LogP contribution in [0.25, 0.3) is 0 Å².